The Labute approximate surface area is 120 Å². The topological polar surface area (TPSA) is 64.1 Å². The summed E-state index contributed by atoms with van der Waals surface area (Å²) >= 11 is 0. The third kappa shape index (κ3) is 3.62. The van der Waals surface area contributed by atoms with E-state index in [0.717, 1.165) is 26.1 Å². The summed E-state index contributed by atoms with van der Waals surface area (Å²) in [5.41, 5.74) is 0. The smallest absolute Gasteiger partial charge is 0.319 e. The first-order chi connectivity index (χ1) is 9.47. The van der Waals surface area contributed by atoms with Gasteiger partial charge in [0, 0.05) is 33.2 Å². The SMILES string of the molecule is CN1CCC(CN(C)C(=O)N2CCC(C(=O)O)CC2)C1. The molecule has 2 aliphatic heterocycles. The average molecular weight is 283 g/mol. The fourth-order valence-electron chi connectivity index (χ4n) is 3.20. The molecular weight excluding hydrogens is 258 g/mol. The van der Waals surface area contributed by atoms with Crippen LogP contribution in [0.1, 0.15) is 19.3 Å². The molecule has 0 saturated carbocycles. The summed E-state index contributed by atoms with van der Waals surface area (Å²) in [5.74, 6) is -0.460. The van der Waals surface area contributed by atoms with E-state index in [-0.39, 0.29) is 11.9 Å². The summed E-state index contributed by atoms with van der Waals surface area (Å²) in [6.07, 6.45) is 2.29. The number of likely N-dealkylation sites (tertiary alicyclic amines) is 2. The Morgan fingerprint density at radius 1 is 1.20 bits per heavy atom. The number of hydrogen-bond acceptors (Lipinski definition) is 3. The van der Waals surface area contributed by atoms with Crippen molar-refractivity contribution >= 4 is 12.0 Å². The van der Waals surface area contributed by atoms with Crippen LogP contribution in [0.4, 0.5) is 4.79 Å². The van der Waals surface area contributed by atoms with Crippen LogP contribution in [-0.4, -0.2) is 78.6 Å². The first-order valence-corrected chi connectivity index (χ1v) is 7.38. The van der Waals surface area contributed by atoms with Gasteiger partial charge in [-0.15, -0.1) is 0 Å². The molecule has 0 bridgehead atoms. The molecule has 6 heteroatoms. The zero-order chi connectivity index (χ0) is 14.7. The van der Waals surface area contributed by atoms with Crippen LogP contribution in [0.25, 0.3) is 0 Å². The molecule has 2 aliphatic rings. The van der Waals surface area contributed by atoms with Crippen molar-refractivity contribution in [2.75, 3.05) is 46.8 Å². The number of carbonyl (C=O) groups excluding carboxylic acids is 1. The van der Waals surface area contributed by atoms with Gasteiger partial charge < -0.3 is 19.8 Å². The molecule has 20 heavy (non-hydrogen) atoms. The Hall–Kier alpha value is -1.30. The highest BCUT2D eigenvalue weighted by atomic mass is 16.4. The van der Waals surface area contributed by atoms with Crippen LogP contribution in [0.3, 0.4) is 0 Å². The second-order valence-corrected chi connectivity index (χ2v) is 6.18. The van der Waals surface area contributed by atoms with Crippen molar-refractivity contribution in [3.63, 3.8) is 0 Å². The first kappa shape index (κ1) is 15.1. The fourth-order valence-corrected chi connectivity index (χ4v) is 3.20. The molecule has 0 spiro atoms. The van der Waals surface area contributed by atoms with E-state index < -0.39 is 5.97 Å². The predicted octanol–water partition coefficient (Wildman–Crippen LogP) is 0.786. The van der Waals surface area contributed by atoms with Crippen molar-refractivity contribution in [3.05, 3.63) is 0 Å². The minimum atomic E-state index is -0.737. The first-order valence-electron chi connectivity index (χ1n) is 7.38. The number of urea groups is 1. The molecule has 1 N–H and O–H groups in total. The summed E-state index contributed by atoms with van der Waals surface area (Å²) in [6.45, 7) is 4.08. The molecule has 0 aliphatic carbocycles. The van der Waals surface area contributed by atoms with Gasteiger partial charge in [0.25, 0.3) is 0 Å². The highest BCUT2D eigenvalue weighted by Crippen LogP contribution is 2.20. The van der Waals surface area contributed by atoms with Gasteiger partial charge in [-0.05, 0) is 38.8 Å². The Bertz CT molecular complexity index is 367. The van der Waals surface area contributed by atoms with Crippen LogP contribution in [0.5, 0.6) is 0 Å². The zero-order valence-corrected chi connectivity index (χ0v) is 12.4. The highest BCUT2D eigenvalue weighted by Gasteiger charge is 2.29. The number of carboxylic acid groups (broad SMARTS) is 1. The summed E-state index contributed by atoms with van der Waals surface area (Å²) in [4.78, 5) is 29.1. The molecule has 2 amide bonds. The molecule has 2 saturated heterocycles. The predicted molar refractivity (Wildman–Crippen MR) is 75.6 cm³/mol. The van der Waals surface area contributed by atoms with E-state index in [9.17, 15) is 9.59 Å². The number of rotatable bonds is 3. The number of piperidine rings is 1. The maximum Gasteiger partial charge on any atom is 0.319 e. The van der Waals surface area contributed by atoms with Gasteiger partial charge in [-0.3, -0.25) is 4.79 Å². The number of nitrogens with zero attached hydrogens (tertiary/aromatic N) is 3. The van der Waals surface area contributed by atoms with Crippen molar-refractivity contribution in [3.8, 4) is 0 Å². The molecular formula is C14H25N3O3. The van der Waals surface area contributed by atoms with E-state index >= 15 is 0 Å². The third-order valence-corrected chi connectivity index (χ3v) is 4.46. The van der Waals surface area contributed by atoms with Crippen LogP contribution < -0.4 is 0 Å². The number of hydrogen-bond donors (Lipinski definition) is 1. The number of aliphatic carboxylic acids is 1. The van der Waals surface area contributed by atoms with Crippen LogP contribution in [-0.2, 0) is 4.79 Å². The summed E-state index contributed by atoms with van der Waals surface area (Å²) in [6, 6.07) is 0.0448. The zero-order valence-electron chi connectivity index (χ0n) is 12.4. The summed E-state index contributed by atoms with van der Waals surface area (Å²) in [7, 11) is 3.96. The van der Waals surface area contributed by atoms with E-state index in [2.05, 4.69) is 11.9 Å². The second kappa shape index (κ2) is 6.43. The van der Waals surface area contributed by atoms with Gasteiger partial charge in [0.2, 0.25) is 0 Å². The molecule has 0 aromatic carbocycles. The molecule has 0 radical (unpaired) electrons. The molecule has 0 aromatic heterocycles. The third-order valence-electron chi connectivity index (χ3n) is 4.46. The fraction of sp³-hybridized carbons (Fsp3) is 0.857. The van der Waals surface area contributed by atoms with Crippen molar-refractivity contribution in [2.45, 2.75) is 19.3 Å². The minimum absolute atomic E-state index is 0.0448. The lowest BCUT2D eigenvalue weighted by Gasteiger charge is -2.34. The van der Waals surface area contributed by atoms with Gasteiger partial charge in [-0.2, -0.15) is 0 Å². The Morgan fingerprint density at radius 2 is 1.85 bits per heavy atom. The average Bonchev–Trinajstić information content (AvgIpc) is 2.83. The summed E-state index contributed by atoms with van der Waals surface area (Å²) in [5, 5.41) is 8.97. The lowest BCUT2D eigenvalue weighted by Crippen LogP contribution is -2.47. The molecule has 0 aromatic rings. The molecule has 1 unspecified atom stereocenters. The highest BCUT2D eigenvalue weighted by molar-refractivity contribution is 5.75. The Kier molecular flexibility index (Phi) is 4.86. The van der Waals surface area contributed by atoms with E-state index in [1.54, 1.807) is 9.80 Å². The van der Waals surface area contributed by atoms with Crippen LogP contribution in [0, 0.1) is 11.8 Å². The second-order valence-electron chi connectivity index (χ2n) is 6.18. The minimum Gasteiger partial charge on any atom is -0.481 e. The number of amides is 2. The van der Waals surface area contributed by atoms with Gasteiger partial charge >= 0.3 is 12.0 Å². The molecule has 6 nitrogen and oxygen atoms in total. The standard InChI is InChI=1S/C14H25N3O3/c1-15-6-3-11(9-15)10-16(2)14(20)17-7-4-12(5-8-17)13(18)19/h11-12H,3-10H2,1-2H3,(H,18,19). The van der Waals surface area contributed by atoms with Crippen molar-refractivity contribution < 1.29 is 14.7 Å². The largest absolute Gasteiger partial charge is 0.481 e. The van der Waals surface area contributed by atoms with E-state index in [1.165, 1.54) is 0 Å². The lowest BCUT2D eigenvalue weighted by molar-refractivity contribution is -0.143. The van der Waals surface area contributed by atoms with Gasteiger partial charge in [-0.25, -0.2) is 4.79 Å². The van der Waals surface area contributed by atoms with Crippen molar-refractivity contribution in [2.24, 2.45) is 11.8 Å². The maximum absolute atomic E-state index is 12.3. The van der Waals surface area contributed by atoms with Crippen LogP contribution in [0.2, 0.25) is 0 Å². The molecule has 2 heterocycles. The lowest BCUT2D eigenvalue weighted by atomic mass is 9.97. The van der Waals surface area contributed by atoms with Gasteiger partial charge in [0.1, 0.15) is 0 Å². The molecule has 114 valence electrons. The quantitative estimate of drug-likeness (QED) is 0.831. The van der Waals surface area contributed by atoms with E-state index in [0.29, 0.717) is 31.8 Å². The van der Waals surface area contributed by atoms with Gasteiger partial charge in [0.05, 0.1) is 5.92 Å². The number of carboxylic acids is 1. The van der Waals surface area contributed by atoms with Crippen molar-refractivity contribution in [1.29, 1.82) is 0 Å². The van der Waals surface area contributed by atoms with Crippen LogP contribution >= 0.6 is 0 Å². The Morgan fingerprint density at radius 3 is 2.35 bits per heavy atom. The molecule has 2 rings (SSSR count). The summed E-state index contributed by atoms with van der Waals surface area (Å²) < 4.78 is 0. The molecule has 2 fully saturated rings. The molecule has 1 atom stereocenters. The van der Waals surface area contributed by atoms with Gasteiger partial charge in [0.15, 0.2) is 0 Å². The number of carbonyl (C=O) groups is 2. The van der Waals surface area contributed by atoms with Gasteiger partial charge in [-0.1, -0.05) is 0 Å². The van der Waals surface area contributed by atoms with Crippen molar-refractivity contribution in [1.82, 2.24) is 14.7 Å². The monoisotopic (exact) mass is 283 g/mol. The maximum atomic E-state index is 12.3. The van der Waals surface area contributed by atoms with Crippen LogP contribution in [0.15, 0.2) is 0 Å². The normalized spacial score (nSPS) is 24.9. The Balaban J connectivity index is 1.78. The van der Waals surface area contributed by atoms with E-state index in [4.69, 9.17) is 5.11 Å². The van der Waals surface area contributed by atoms with E-state index in [1.807, 2.05) is 7.05 Å².